The zero-order chi connectivity index (χ0) is 34.6. The van der Waals surface area contributed by atoms with Gasteiger partial charge in [-0.15, -0.1) is 0 Å². The third-order valence-corrected chi connectivity index (χ3v) is 13.6. The minimum Gasteiger partial charge on any atom is -0.462 e. The van der Waals surface area contributed by atoms with Crippen molar-refractivity contribution in [3.8, 4) is 0 Å². The predicted octanol–water partition coefficient (Wildman–Crippen LogP) is 13.7. The van der Waals surface area contributed by atoms with Gasteiger partial charge in [0.2, 0.25) is 0 Å². The molecule has 0 N–H and O–H groups in total. The summed E-state index contributed by atoms with van der Waals surface area (Å²) in [6.45, 7) is 17.0. The molecule has 0 aromatic carbocycles. The molecule has 2 heteroatoms. The Morgan fingerprint density at radius 3 is 2.25 bits per heavy atom. The number of carbonyl (C=O) groups excluding carboxylic acids is 1. The molecule has 4 rings (SSSR count). The van der Waals surface area contributed by atoms with Crippen molar-refractivity contribution >= 4 is 5.97 Å². The van der Waals surface area contributed by atoms with Gasteiger partial charge in [0.25, 0.3) is 0 Å². The lowest BCUT2D eigenvalue weighted by molar-refractivity contribution is -0.151. The molecule has 0 aromatic rings. The molecule has 3 fully saturated rings. The summed E-state index contributed by atoms with van der Waals surface area (Å²) in [5, 5.41) is 0. The van der Waals surface area contributed by atoms with E-state index in [4.69, 9.17) is 4.74 Å². The summed E-state index contributed by atoms with van der Waals surface area (Å²) in [6, 6.07) is 0. The molecule has 0 heterocycles. The topological polar surface area (TPSA) is 26.3 Å². The zero-order valence-corrected chi connectivity index (χ0v) is 32.4. The first-order valence-electron chi connectivity index (χ1n) is 20.7. The van der Waals surface area contributed by atoms with Crippen molar-refractivity contribution in [2.45, 2.75) is 177 Å². The van der Waals surface area contributed by atoms with Crippen molar-refractivity contribution in [2.24, 2.45) is 46.3 Å². The van der Waals surface area contributed by atoms with Gasteiger partial charge in [0, 0.05) is 12.8 Å². The van der Waals surface area contributed by atoms with Crippen molar-refractivity contribution in [2.75, 3.05) is 0 Å². The Morgan fingerprint density at radius 1 is 0.812 bits per heavy atom. The fourth-order valence-electron chi connectivity index (χ4n) is 10.0. The number of rotatable bonds is 19. The van der Waals surface area contributed by atoms with Crippen LogP contribution in [0, 0.1) is 46.3 Å². The van der Waals surface area contributed by atoms with Crippen LogP contribution in [0.4, 0.5) is 0 Å². The number of hydrogen-bond acceptors (Lipinski definition) is 2. The van der Waals surface area contributed by atoms with Gasteiger partial charge in [-0.05, 0) is 123 Å². The van der Waals surface area contributed by atoms with Gasteiger partial charge in [0.05, 0.1) is 0 Å². The van der Waals surface area contributed by atoms with E-state index in [-0.39, 0.29) is 17.5 Å². The van der Waals surface area contributed by atoms with Crippen LogP contribution < -0.4 is 0 Å². The smallest absolute Gasteiger partial charge is 0.306 e. The van der Waals surface area contributed by atoms with E-state index in [1.165, 1.54) is 77.0 Å². The van der Waals surface area contributed by atoms with E-state index >= 15 is 0 Å². The monoisotopic (exact) mass is 659 g/mol. The standard InChI is InChI=1S/C46H74O2/c1-8-9-10-11-12-13-14-15-16-17-18-19-20-21-22-23-44(47)48-39-30-32-45(6)38(34-39)26-27-40-42-29-28-41(46(42,7)33-31-43(40)45)37(5)25-24-36(4)35(2)3/h12-13,15-16,24-27,35-37,39,41-43H,8-11,14,17-23,28-34H2,1-7H3/b13-12-,16-15-,25-24?/t36-,37+,39-,41+,42-,43-,45+,46+/m0/s1. The molecule has 0 unspecified atom stereocenters. The van der Waals surface area contributed by atoms with Gasteiger partial charge in [-0.1, -0.05) is 140 Å². The molecule has 2 nitrogen and oxygen atoms in total. The van der Waals surface area contributed by atoms with Crippen LogP contribution in [0.3, 0.4) is 0 Å². The second kappa shape index (κ2) is 19.0. The summed E-state index contributed by atoms with van der Waals surface area (Å²) in [4.78, 5) is 12.8. The molecule has 4 aliphatic carbocycles. The van der Waals surface area contributed by atoms with Crippen LogP contribution in [0.2, 0.25) is 0 Å². The molecule has 0 saturated heterocycles. The molecule has 270 valence electrons. The third-order valence-electron chi connectivity index (χ3n) is 13.6. The van der Waals surface area contributed by atoms with Crippen LogP contribution in [0.1, 0.15) is 170 Å². The molecule has 0 aliphatic heterocycles. The highest BCUT2D eigenvalue weighted by atomic mass is 16.5. The fraction of sp³-hybridized carbons (Fsp3) is 0.761. The average Bonchev–Trinajstić information content (AvgIpc) is 3.42. The Bertz CT molecular complexity index is 1150. The number of hydrogen-bond donors (Lipinski definition) is 0. The van der Waals surface area contributed by atoms with Gasteiger partial charge < -0.3 is 4.74 Å². The van der Waals surface area contributed by atoms with E-state index in [0.29, 0.717) is 35.5 Å². The second-order valence-corrected chi connectivity index (χ2v) is 17.3. The number of carbonyl (C=O) groups is 1. The molecule has 8 atom stereocenters. The van der Waals surface area contributed by atoms with Gasteiger partial charge in [-0.2, -0.15) is 0 Å². The van der Waals surface area contributed by atoms with E-state index in [9.17, 15) is 4.79 Å². The van der Waals surface area contributed by atoms with Crippen molar-refractivity contribution in [1.29, 1.82) is 0 Å². The maximum atomic E-state index is 12.8. The number of ether oxygens (including phenoxy) is 1. The maximum Gasteiger partial charge on any atom is 0.306 e. The highest BCUT2D eigenvalue weighted by Gasteiger charge is 2.57. The van der Waals surface area contributed by atoms with Gasteiger partial charge >= 0.3 is 5.97 Å². The Kier molecular flexibility index (Phi) is 15.4. The third kappa shape index (κ3) is 10.1. The molecular formula is C46H74O2. The molecule has 48 heavy (non-hydrogen) atoms. The Morgan fingerprint density at radius 2 is 1.52 bits per heavy atom. The molecule has 3 saturated carbocycles. The minimum atomic E-state index is 0.0262. The van der Waals surface area contributed by atoms with Gasteiger partial charge in [0.15, 0.2) is 0 Å². The first kappa shape index (κ1) is 39.0. The van der Waals surface area contributed by atoms with Crippen LogP contribution >= 0.6 is 0 Å². The molecule has 0 amide bonds. The van der Waals surface area contributed by atoms with E-state index in [0.717, 1.165) is 50.4 Å². The van der Waals surface area contributed by atoms with E-state index < -0.39 is 0 Å². The highest BCUT2D eigenvalue weighted by molar-refractivity contribution is 5.69. The maximum absolute atomic E-state index is 12.8. The van der Waals surface area contributed by atoms with Gasteiger partial charge in [-0.25, -0.2) is 0 Å². The number of unbranched alkanes of at least 4 members (excludes halogenated alkanes) is 8. The summed E-state index contributed by atoms with van der Waals surface area (Å²) in [6.07, 6.45) is 41.8. The predicted molar refractivity (Wildman–Crippen MR) is 207 cm³/mol. The van der Waals surface area contributed by atoms with Crippen LogP contribution in [0.5, 0.6) is 0 Å². The molecule has 0 spiro atoms. The van der Waals surface area contributed by atoms with Crippen LogP contribution in [-0.4, -0.2) is 12.1 Å². The van der Waals surface area contributed by atoms with E-state index in [1.807, 2.05) is 0 Å². The van der Waals surface area contributed by atoms with E-state index in [1.54, 1.807) is 11.1 Å². The first-order valence-corrected chi connectivity index (χ1v) is 20.7. The minimum absolute atomic E-state index is 0.0262. The lowest BCUT2D eigenvalue weighted by atomic mass is 9.50. The van der Waals surface area contributed by atoms with Crippen LogP contribution in [0.25, 0.3) is 0 Å². The Labute approximate surface area is 297 Å². The highest BCUT2D eigenvalue weighted by Crippen LogP contribution is 2.66. The summed E-state index contributed by atoms with van der Waals surface area (Å²) in [7, 11) is 0. The van der Waals surface area contributed by atoms with Crippen molar-refractivity contribution < 1.29 is 9.53 Å². The lowest BCUT2D eigenvalue weighted by Crippen LogP contribution is -2.46. The fourth-order valence-corrected chi connectivity index (χ4v) is 10.0. The average molecular weight is 659 g/mol. The number of esters is 1. The van der Waals surface area contributed by atoms with Crippen molar-refractivity contribution in [3.63, 3.8) is 0 Å². The molecule has 0 bridgehead atoms. The van der Waals surface area contributed by atoms with Crippen molar-refractivity contribution in [3.05, 3.63) is 59.8 Å². The zero-order valence-electron chi connectivity index (χ0n) is 32.4. The summed E-state index contributed by atoms with van der Waals surface area (Å²) in [5.41, 5.74) is 3.98. The largest absolute Gasteiger partial charge is 0.462 e. The Hall–Kier alpha value is -1.83. The second-order valence-electron chi connectivity index (χ2n) is 17.3. The number of fused-ring (bicyclic) bond motifs is 5. The van der Waals surface area contributed by atoms with E-state index in [2.05, 4.69) is 97.1 Å². The van der Waals surface area contributed by atoms with Crippen LogP contribution in [0.15, 0.2) is 59.8 Å². The number of allylic oxidation sites excluding steroid dienone is 9. The first-order chi connectivity index (χ1) is 23.1. The van der Waals surface area contributed by atoms with Gasteiger partial charge in [0.1, 0.15) is 6.10 Å². The summed E-state index contributed by atoms with van der Waals surface area (Å²) in [5.74, 6) is 4.22. The molecule has 0 radical (unpaired) electrons. The Balaban J connectivity index is 1.17. The summed E-state index contributed by atoms with van der Waals surface area (Å²) >= 11 is 0. The molecule has 0 aromatic heterocycles. The quantitative estimate of drug-likeness (QED) is 0.0784. The van der Waals surface area contributed by atoms with Crippen molar-refractivity contribution in [1.82, 2.24) is 0 Å². The normalized spacial score (nSPS) is 31.5. The molecule has 4 aliphatic rings. The summed E-state index contributed by atoms with van der Waals surface area (Å²) < 4.78 is 6.10. The van der Waals surface area contributed by atoms with Crippen LogP contribution in [-0.2, 0) is 9.53 Å². The van der Waals surface area contributed by atoms with Gasteiger partial charge in [-0.3, -0.25) is 4.79 Å². The SMILES string of the molecule is CCCCC/C=C\C/C=C\CCCCCCCC(=O)O[C@H]1CC[C@]2(C)C(=CC=C3[C@@H]4CC[C@H]([C@H](C)C=C[C@H](C)C(C)C)[C@@]4(C)CC[C@@H]32)C1. The lowest BCUT2D eigenvalue weighted by Gasteiger charge is -2.55. The molecular weight excluding hydrogens is 585 g/mol.